The van der Waals surface area contributed by atoms with Gasteiger partial charge in [-0.2, -0.15) is 0 Å². The summed E-state index contributed by atoms with van der Waals surface area (Å²) in [5, 5.41) is 10.6. The van der Waals surface area contributed by atoms with E-state index in [1.165, 1.54) is 6.07 Å². The Hall–Kier alpha value is -1.40. The van der Waals surface area contributed by atoms with Crippen molar-refractivity contribution in [2.45, 2.75) is 5.44 Å². The van der Waals surface area contributed by atoms with Gasteiger partial charge in [0.15, 0.2) is 0 Å². The first kappa shape index (κ1) is 10.1. The maximum absolute atomic E-state index is 11.0. The van der Waals surface area contributed by atoms with Gasteiger partial charge in [0, 0.05) is 6.07 Å². The molecule has 1 aliphatic rings. The van der Waals surface area contributed by atoms with Crippen LogP contribution in [0, 0.1) is 10.1 Å². The standard InChI is InChI=1S/C9H7NO4S/c11-8-5-14-9(15-8)6-3-1-2-4-7(6)10(12)13/h1-4,9H,5H2. The molecule has 6 heteroatoms. The van der Waals surface area contributed by atoms with Crippen molar-refractivity contribution in [2.24, 2.45) is 0 Å². The lowest BCUT2D eigenvalue weighted by Crippen LogP contribution is -1.99. The first-order valence-electron chi connectivity index (χ1n) is 4.23. The summed E-state index contributed by atoms with van der Waals surface area (Å²) in [6, 6.07) is 6.29. The number of carbonyl (C=O) groups is 1. The quantitative estimate of drug-likeness (QED) is 0.567. The summed E-state index contributed by atoms with van der Waals surface area (Å²) < 4.78 is 5.15. The highest BCUT2D eigenvalue weighted by molar-refractivity contribution is 8.14. The Labute approximate surface area is 89.6 Å². The maximum atomic E-state index is 11.0. The molecule has 0 radical (unpaired) electrons. The van der Waals surface area contributed by atoms with E-state index in [4.69, 9.17) is 4.74 Å². The molecular formula is C9H7NO4S. The van der Waals surface area contributed by atoms with E-state index in [9.17, 15) is 14.9 Å². The zero-order chi connectivity index (χ0) is 10.8. The zero-order valence-electron chi connectivity index (χ0n) is 7.58. The van der Waals surface area contributed by atoms with Crippen molar-refractivity contribution < 1.29 is 14.5 Å². The van der Waals surface area contributed by atoms with Gasteiger partial charge < -0.3 is 4.74 Å². The smallest absolute Gasteiger partial charge is 0.276 e. The molecule has 0 aliphatic carbocycles. The van der Waals surface area contributed by atoms with Crippen molar-refractivity contribution >= 4 is 22.6 Å². The number of hydrogen-bond donors (Lipinski definition) is 0. The molecule has 1 heterocycles. The van der Waals surface area contributed by atoms with Crippen LogP contribution < -0.4 is 0 Å². The highest BCUT2D eigenvalue weighted by Crippen LogP contribution is 2.39. The average molecular weight is 225 g/mol. The van der Waals surface area contributed by atoms with Crippen LogP contribution in [0.4, 0.5) is 5.69 Å². The third kappa shape index (κ3) is 2.00. The lowest BCUT2D eigenvalue weighted by Gasteiger charge is -2.07. The van der Waals surface area contributed by atoms with Crippen molar-refractivity contribution in [2.75, 3.05) is 6.61 Å². The van der Waals surface area contributed by atoms with Crippen molar-refractivity contribution in [1.82, 2.24) is 0 Å². The lowest BCUT2D eigenvalue weighted by molar-refractivity contribution is -0.385. The molecule has 0 saturated carbocycles. The molecule has 78 valence electrons. The van der Waals surface area contributed by atoms with Gasteiger partial charge in [-0.3, -0.25) is 14.9 Å². The largest absolute Gasteiger partial charge is 0.353 e. The monoisotopic (exact) mass is 225 g/mol. The fourth-order valence-corrected chi connectivity index (χ4v) is 2.17. The van der Waals surface area contributed by atoms with E-state index < -0.39 is 10.4 Å². The molecule has 0 N–H and O–H groups in total. The van der Waals surface area contributed by atoms with Crippen LogP contribution in [0.15, 0.2) is 24.3 Å². The number of para-hydroxylation sites is 1. The van der Waals surface area contributed by atoms with Crippen LogP contribution in [0.2, 0.25) is 0 Å². The number of benzene rings is 1. The summed E-state index contributed by atoms with van der Waals surface area (Å²) in [4.78, 5) is 21.2. The summed E-state index contributed by atoms with van der Waals surface area (Å²) >= 11 is 0.985. The van der Waals surface area contributed by atoms with Crippen molar-refractivity contribution in [3.63, 3.8) is 0 Å². The van der Waals surface area contributed by atoms with Gasteiger partial charge in [-0.05, 0) is 17.8 Å². The van der Waals surface area contributed by atoms with E-state index in [-0.39, 0.29) is 17.4 Å². The predicted molar refractivity (Wildman–Crippen MR) is 54.4 cm³/mol. The number of nitro groups is 1. The van der Waals surface area contributed by atoms with Crippen LogP contribution in [0.1, 0.15) is 11.0 Å². The second kappa shape index (κ2) is 4.00. The second-order valence-electron chi connectivity index (χ2n) is 2.95. The molecule has 1 atom stereocenters. The lowest BCUT2D eigenvalue weighted by atomic mass is 10.2. The van der Waals surface area contributed by atoms with Crippen molar-refractivity contribution in [1.29, 1.82) is 0 Å². The summed E-state index contributed by atoms with van der Waals surface area (Å²) in [6.45, 7) is 0.0153. The molecular weight excluding hydrogens is 218 g/mol. The second-order valence-corrected chi connectivity index (χ2v) is 4.07. The Bertz CT molecular complexity index is 420. The molecule has 1 aromatic carbocycles. The van der Waals surface area contributed by atoms with E-state index in [0.717, 1.165) is 11.8 Å². The molecule has 2 rings (SSSR count). The minimum atomic E-state index is -0.543. The summed E-state index contributed by atoms with van der Waals surface area (Å²) in [7, 11) is 0. The van der Waals surface area contributed by atoms with Gasteiger partial charge in [0.1, 0.15) is 12.0 Å². The number of ether oxygens (including phenoxy) is 1. The molecule has 1 fully saturated rings. The first-order valence-corrected chi connectivity index (χ1v) is 5.11. The van der Waals surface area contributed by atoms with Gasteiger partial charge in [0.2, 0.25) is 5.12 Å². The minimum Gasteiger partial charge on any atom is -0.353 e. The number of carbonyl (C=O) groups excluding carboxylic acids is 1. The third-order valence-corrected chi connectivity index (χ3v) is 2.96. The Morgan fingerprint density at radius 1 is 1.47 bits per heavy atom. The van der Waals surface area contributed by atoms with Crippen molar-refractivity contribution in [3.8, 4) is 0 Å². The fraction of sp³-hybridized carbons (Fsp3) is 0.222. The normalized spacial score (nSPS) is 20.5. The molecule has 0 bridgehead atoms. The molecule has 1 unspecified atom stereocenters. The predicted octanol–water partition coefficient (Wildman–Crippen LogP) is 1.88. The van der Waals surface area contributed by atoms with Gasteiger partial charge in [-0.15, -0.1) is 0 Å². The van der Waals surface area contributed by atoms with Crippen LogP contribution in [0.3, 0.4) is 0 Å². The highest BCUT2D eigenvalue weighted by Gasteiger charge is 2.30. The number of rotatable bonds is 2. The topological polar surface area (TPSA) is 69.4 Å². The molecule has 1 aromatic rings. The number of thioether (sulfide) groups is 1. The third-order valence-electron chi connectivity index (χ3n) is 1.98. The van der Waals surface area contributed by atoms with E-state index in [0.29, 0.717) is 5.56 Å². The highest BCUT2D eigenvalue weighted by atomic mass is 32.2. The molecule has 0 spiro atoms. The maximum Gasteiger partial charge on any atom is 0.276 e. The van der Waals surface area contributed by atoms with Crippen LogP contribution >= 0.6 is 11.8 Å². The van der Waals surface area contributed by atoms with Crippen LogP contribution in [0.25, 0.3) is 0 Å². The van der Waals surface area contributed by atoms with Gasteiger partial charge in [-0.1, -0.05) is 12.1 Å². The van der Waals surface area contributed by atoms with Gasteiger partial charge in [0.25, 0.3) is 5.69 Å². The molecule has 0 amide bonds. The Balaban J connectivity index is 2.35. The molecule has 15 heavy (non-hydrogen) atoms. The number of hydrogen-bond acceptors (Lipinski definition) is 5. The Kier molecular flexibility index (Phi) is 2.70. The van der Waals surface area contributed by atoms with E-state index in [1.807, 2.05) is 0 Å². The zero-order valence-corrected chi connectivity index (χ0v) is 8.40. The summed E-state index contributed by atoms with van der Waals surface area (Å²) in [5.41, 5.74) is -0.109. The van der Waals surface area contributed by atoms with Crippen molar-refractivity contribution in [3.05, 3.63) is 39.9 Å². The van der Waals surface area contributed by atoms with E-state index in [1.54, 1.807) is 18.2 Å². The molecule has 1 aliphatic heterocycles. The molecule has 1 saturated heterocycles. The molecule has 5 nitrogen and oxygen atoms in total. The van der Waals surface area contributed by atoms with Gasteiger partial charge >= 0.3 is 0 Å². The van der Waals surface area contributed by atoms with Gasteiger partial charge in [0.05, 0.1) is 10.5 Å². The van der Waals surface area contributed by atoms with Gasteiger partial charge in [-0.25, -0.2) is 0 Å². The number of nitrogens with zero attached hydrogens (tertiary/aromatic N) is 1. The first-order chi connectivity index (χ1) is 7.18. The minimum absolute atomic E-state index is 0.00954. The van der Waals surface area contributed by atoms with Crippen LogP contribution in [-0.4, -0.2) is 16.6 Å². The fourth-order valence-electron chi connectivity index (χ4n) is 1.34. The summed E-state index contributed by atoms with van der Waals surface area (Å²) in [5.74, 6) is 0. The molecule has 0 aromatic heterocycles. The Morgan fingerprint density at radius 3 is 2.80 bits per heavy atom. The Morgan fingerprint density at radius 2 is 2.20 bits per heavy atom. The summed E-state index contributed by atoms with van der Waals surface area (Å²) in [6.07, 6.45) is 0. The SMILES string of the molecule is O=C1COC(c2ccccc2[N+](=O)[O-])S1. The average Bonchev–Trinajstić information content (AvgIpc) is 2.65. The van der Waals surface area contributed by atoms with Crippen LogP contribution in [-0.2, 0) is 9.53 Å². The van der Waals surface area contributed by atoms with Crippen LogP contribution in [0.5, 0.6) is 0 Å². The van der Waals surface area contributed by atoms with E-state index in [2.05, 4.69) is 0 Å². The number of nitro benzene ring substituents is 1. The van der Waals surface area contributed by atoms with E-state index >= 15 is 0 Å².